The summed E-state index contributed by atoms with van der Waals surface area (Å²) in [6.07, 6.45) is 3.04. The van der Waals surface area contributed by atoms with Crippen LogP contribution in [0.2, 0.25) is 0 Å². The molecule has 4 heteroatoms. The lowest BCUT2D eigenvalue weighted by atomic mass is 10.1. The molecule has 2 N–H and O–H groups in total. The van der Waals surface area contributed by atoms with E-state index < -0.39 is 0 Å². The number of nitrogens with two attached hydrogens (primary N) is 1. The maximum Gasteiger partial charge on any atom is 0.239 e. The summed E-state index contributed by atoms with van der Waals surface area (Å²) in [5.41, 5.74) is 5.85. The van der Waals surface area contributed by atoms with Crippen LogP contribution >= 0.6 is 0 Å². The second-order valence-electron chi connectivity index (χ2n) is 4.21. The molecule has 1 amide bonds. The van der Waals surface area contributed by atoms with Gasteiger partial charge in [-0.05, 0) is 13.3 Å². The molecule has 0 spiro atoms. The van der Waals surface area contributed by atoms with Gasteiger partial charge >= 0.3 is 0 Å². The van der Waals surface area contributed by atoms with Gasteiger partial charge in [0.05, 0.1) is 18.8 Å². The highest BCUT2D eigenvalue weighted by atomic mass is 16.5. The Morgan fingerprint density at radius 2 is 2.40 bits per heavy atom. The summed E-state index contributed by atoms with van der Waals surface area (Å²) < 4.78 is 5.38. The SMILES string of the molecule is CCCC[C@H](N)C(=O)N1CCOC(C)C1. The van der Waals surface area contributed by atoms with Gasteiger partial charge in [-0.1, -0.05) is 19.8 Å². The van der Waals surface area contributed by atoms with Crippen LogP contribution in [0.3, 0.4) is 0 Å². The van der Waals surface area contributed by atoms with Crippen molar-refractivity contribution in [2.45, 2.75) is 45.3 Å². The molecule has 2 atom stereocenters. The summed E-state index contributed by atoms with van der Waals surface area (Å²) in [5.74, 6) is 0.0820. The van der Waals surface area contributed by atoms with E-state index in [2.05, 4.69) is 6.92 Å². The first-order valence-corrected chi connectivity index (χ1v) is 5.81. The van der Waals surface area contributed by atoms with E-state index >= 15 is 0 Å². The van der Waals surface area contributed by atoms with Crippen LogP contribution in [-0.4, -0.2) is 42.6 Å². The average molecular weight is 214 g/mol. The number of ether oxygens (including phenoxy) is 1. The van der Waals surface area contributed by atoms with Gasteiger partial charge in [0.1, 0.15) is 0 Å². The van der Waals surface area contributed by atoms with Crippen LogP contribution in [0.5, 0.6) is 0 Å². The van der Waals surface area contributed by atoms with Gasteiger partial charge in [-0.3, -0.25) is 4.79 Å². The lowest BCUT2D eigenvalue weighted by Crippen LogP contribution is -2.50. The third-order valence-electron chi connectivity index (χ3n) is 2.74. The Morgan fingerprint density at radius 3 is 3.00 bits per heavy atom. The van der Waals surface area contributed by atoms with Crippen molar-refractivity contribution in [2.24, 2.45) is 5.73 Å². The maximum atomic E-state index is 11.9. The van der Waals surface area contributed by atoms with Crippen LogP contribution < -0.4 is 5.73 Å². The molecule has 1 heterocycles. The van der Waals surface area contributed by atoms with Gasteiger partial charge in [0.15, 0.2) is 0 Å². The molecule has 1 rings (SSSR count). The van der Waals surface area contributed by atoms with E-state index in [0.717, 1.165) is 19.3 Å². The molecule has 1 saturated heterocycles. The summed E-state index contributed by atoms with van der Waals surface area (Å²) in [6, 6.07) is -0.324. The Labute approximate surface area is 91.8 Å². The number of carbonyl (C=O) groups is 1. The second kappa shape index (κ2) is 6.08. The van der Waals surface area contributed by atoms with Crippen LogP contribution in [0.25, 0.3) is 0 Å². The highest BCUT2D eigenvalue weighted by Crippen LogP contribution is 2.08. The molecule has 0 bridgehead atoms. The predicted octanol–water partition coefficient (Wildman–Crippen LogP) is 0.751. The van der Waals surface area contributed by atoms with Crippen molar-refractivity contribution in [2.75, 3.05) is 19.7 Å². The lowest BCUT2D eigenvalue weighted by molar-refractivity contribution is -0.139. The summed E-state index contributed by atoms with van der Waals surface area (Å²) in [7, 11) is 0. The first-order valence-electron chi connectivity index (χ1n) is 5.81. The van der Waals surface area contributed by atoms with Crippen molar-refractivity contribution in [1.82, 2.24) is 4.90 Å². The fourth-order valence-corrected chi connectivity index (χ4v) is 1.80. The monoisotopic (exact) mass is 214 g/mol. The third kappa shape index (κ3) is 3.80. The summed E-state index contributed by atoms with van der Waals surface area (Å²) in [5, 5.41) is 0. The fourth-order valence-electron chi connectivity index (χ4n) is 1.80. The molecule has 0 radical (unpaired) electrons. The van der Waals surface area contributed by atoms with Crippen molar-refractivity contribution in [3.63, 3.8) is 0 Å². The molecule has 1 unspecified atom stereocenters. The van der Waals surface area contributed by atoms with Crippen molar-refractivity contribution in [3.8, 4) is 0 Å². The predicted molar refractivity (Wildman–Crippen MR) is 59.5 cm³/mol. The molecular formula is C11H22N2O2. The Hall–Kier alpha value is -0.610. The molecule has 4 nitrogen and oxygen atoms in total. The van der Waals surface area contributed by atoms with E-state index in [-0.39, 0.29) is 18.1 Å². The smallest absolute Gasteiger partial charge is 0.239 e. The standard InChI is InChI=1S/C11H22N2O2/c1-3-4-5-10(12)11(14)13-6-7-15-9(2)8-13/h9-10H,3-8,12H2,1-2H3/t9?,10-/m0/s1. The molecule has 0 aliphatic carbocycles. The minimum Gasteiger partial charge on any atom is -0.375 e. The van der Waals surface area contributed by atoms with E-state index in [9.17, 15) is 4.79 Å². The highest BCUT2D eigenvalue weighted by molar-refractivity contribution is 5.81. The molecule has 0 aromatic heterocycles. The minimum atomic E-state index is -0.324. The van der Waals surface area contributed by atoms with E-state index in [0.29, 0.717) is 19.7 Å². The van der Waals surface area contributed by atoms with Gasteiger partial charge in [-0.25, -0.2) is 0 Å². The Kier molecular flexibility index (Phi) is 5.05. The van der Waals surface area contributed by atoms with E-state index in [1.165, 1.54) is 0 Å². The fraction of sp³-hybridized carbons (Fsp3) is 0.909. The summed E-state index contributed by atoms with van der Waals surface area (Å²) in [4.78, 5) is 13.7. The molecule has 1 fully saturated rings. The summed E-state index contributed by atoms with van der Waals surface area (Å²) in [6.45, 7) is 6.08. The van der Waals surface area contributed by atoms with Gasteiger partial charge in [0.25, 0.3) is 0 Å². The van der Waals surface area contributed by atoms with Crippen molar-refractivity contribution < 1.29 is 9.53 Å². The number of hydrogen-bond acceptors (Lipinski definition) is 3. The topological polar surface area (TPSA) is 55.6 Å². The van der Waals surface area contributed by atoms with Gasteiger partial charge in [0, 0.05) is 13.1 Å². The molecule has 0 aromatic rings. The third-order valence-corrected chi connectivity index (χ3v) is 2.74. The molecule has 1 aliphatic rings. The number of morpholine rings is 1. The highest BCUT2D eigenvalue weighted by Gasteiger charge is 2.25. The Bertz CT molecular complexity index is 209. The molecular weight excluding hydrogens is 192 g/mol. The van der Waals surface area contributed by atoms with Crippen LogP contribution in [0.15, 0.2) is 0 Å². The van der Waals surface area contributed by atoms with Gasteiger partial charge in [-0.2, -0.15) is 0 Å². The van der Waals surface area contributed by atoms with Crippen molar-refractivity contribution >= 4 is 5.91 Å². The number of unbranched alkanes of at least 4 members (excludes halogenated alkanes) is 1. The van der Waals surface area contributed by atoms with Gasteiger partial charge in [0.2, 0.25) is 5.91 Å². The summed E-state index contributed by atoms with van der Waals surface area (Å²) >= 11 is 0. The molecule has 1 aliphatic heterocycles. The van der Waals surface area contributed by atoms with Crippen LogP contribution in [0, 0.1) is 0 Å². The van der Waals surface area contributed by atoms with Crippen LogP contribution in [0.1, 0.15) is 33.1 Å². The zero-order chi connectivity index (χ0) is 11.3. The number of carbonyl (C=O) groups excluding carboxylic acids is 1. The first-order chi connectivity index (χ1) is 7.15. The Balaban J connectivity index is 2.37. The van der Waals surface area contributed by atoms with Crippen LogP contribution in [0.4, 0.5) is 0 Å². The second-order valence-corrected chi connectivity index (χ2v) is 4.21. The number of amides is 1. The molecule has 0 saturated carbocycles. The zero-order valence-corrected chi connectivity index (χ0v) is 9.74. The van der Waals surface area contributed by atoms with Crippen molar-refractivity contribution in [1.29, 1.82) is 0 Å². The first kappa shape index (κ1) is 12.5. The largest absolute Gasteiger partial charge is 0.375 e. The molecule has 15 heavy (non-hydrogen) atoms. The van der Waals surface area contributed by atoms with Crippen molar-refractivity contribution in [3.05, 3.63) is 0 Å². The lowest BCUT2D eigenvalue weighted by Gasteiger charge is -2.32. The zero-order valence-electron chi connectivity index (χ0n) is 9.74. The average Bonchev–Trinajstić information content (AvgIpc) is 2.24. The number of nitrogens with zero attached hydrogens (tertiary/aromatic N) is 1. The van der Waals surface area contributed by atoms with Gasteiger partial charge in [-0.15, -0.1) is 0 Å². The minimum absolute atomic E-state index is 0.0820. The number of rotatable bonds is 4. The molecule has 0 aromatic carbocycles. The van der Waals surface area contributed by atoms with E-state index in [1.807, 2.05) is 11.8 Å². The van der Waals surface area contributed by atoms with Gasteiger partial charge < -0.3 is 15.4 Å². The Morgan fingerprint density at radius 1 is 1.67 bits per heavy atom. The quantitative estimate of drug-likeness (QED) is 0.751. The van der Waals surface area contributed by atoms with Crippen LogP contribution in [-0.2, 0) is 9.53 Å². The van der Waals surface area contributed by atoms with E-state index in [4.69, 9.17) is 10.5 Å². The molecule has 88 valence electrons. The van der Waals surface area contributed by atoms with E-state index in [1.54, 1.807) is 0 Å². The maximum absolute atomic E-state index is 11.9. The number of hydrogen-bond donors (Lipinski definition) is 1. The normalized spacial score (nSPS) is 23.9.